The Morgan fingerprint density at radius 2 is 1.68 bits per heavy atom. The number of methoxy groups -OCH3 is 3. The van der Waals surface area contributed by atoms with E-state index in [1.165, 1.54) is 0 Å². The van der Waals surface area contributed by atoms with E-state index in [9.17, 15) is 9.59 Å². The summed E-state index contributed by atoms with van der Waals surface area (Å²) in [6, 6.07) is 11.2. The van der Waals surface area contributed by atoms with Gasteiger partial charge in [0.05, 0.1) is 33.4 Å². The highest BCUT2D eigenvalue weighted by Crippen LogP contribution is 2.38. The van der Waals surface area contributed by atoms with E-state index in [4.69, 9.17) is 14.2 Å². The van der Waals surface area contributed by atoms with Crippen LogP contribution in [0, 0.1) is 0 Å². The number of rotatable bonds is 8. The number of aromatic amines is 1. The van der Waals surface area contributed by atoms with Crippen LogP contribution in [0.25, 0.3) is 10.9 Å². The van der Waals surface area contributed by atoms with Crippen LogP contribution in [-0.2, 0) is 11.3 Å². The first-order valence-electron chi connectivity index (χ1n) is 11.0. The summed E-state index contributed by atoms with van der Waals surface area (Å²) in [5.41, 5.74) is 2.12. The topological polar surface area (TPSA) is 109 Å². The third kappa shape index (κ3) is 4.91. The minimum absolute atomic E-state index is 0.0909. The molecule has 0 radical (unpaired) electrons. The molecular weight excluding hydrogens is 438 g/mol. The third-order valence-corrected chi connectivity index (χ3v) is 5.91. The van der Waals surface area contributed by atoms with Gasteiger partial charge in [-0.2, -0.15) is 5.10 Å². The lowest BCUT2D eigenvalue weighted by Gasteiger charge is -2.34. The van der Waals surface area contributed by atoms with Gasteiger partial charge in [-0.25, -0.2) is 0 Å². The Morgan fingerprint density at radius 1 is 1.00 bits per heavy atom. The fourth-order valence-electron chi connectivity index (χ4n) is 4.08. The van der Waals surface area contributed by atoms with Crippen LogP contribution >= 0.6 is 0 Å². The second kappa shape index (κ2) is 10.4. The molecule has 0 bridgehead atoms. The molecule has 0 spiro atoms. The van der Waals surface area contributed by atoms with Gasteiger partial charge in [0.1, 0.15) is 0 Å². The highest BCUT2D eigenvalue weighted by atomic mass is 16.5. The number of hydrogen-bond donors (Lipinski definition) is 2. The minimum Gasteiger partial charge on any atom is -0.493 e. The molecule has 2 aromatic carbocycles. The van der Waals surface area contributed by atoms with Crippen LogP contribution < -0.4 is 19.5 Å². The van der Waals surface area contributed by atoms with Crippen molar-refractivity contribution in [3.63, 3.8) is 0 Å². The SMILES string of the molecule is COc1cc(CNC(=O)CN2CCN(C(=O)c3n[nH]c4ccccc34)CC2)cc(OC)c1OC. The van der Waals surface area contributed by atoms with E-state index in [1.807, 2.05) is 41.3 Å². The Hall–Kier alpha value is -3.79. The zero-order chi connectivity index (χ0) is 24.1. The molecule has 0 aliphatic carbocycles. The summed E-state index contributed by atoms with van der Waals surface area (Å²) in [5, 5.41) is 10.9. The van der Waals surface area contributed by atoms with Crippen LogP contribution in [0.1, 0.15) is 16.1 Å². The number of amides is 2. The number of ether oxygens (including phenoxy) is 3. The number of benzene rings is 2. The van der Waals surface area contributed by atoms with Crippen molar-refractivity contribution in [2.24, 2.45) is 0 Å². The summed E-state index contributed by atoms with van der Waals surface area (Å²) in [4.78, 5) is 29.3. The summed E-state index contributed by atoms with van der Waals surface area (Å²) in [6.07, 6.45) is 0. The molecule has 0 atom stereocenters. The van der Waals surface area contributed by atoms with Gasteiger partial charge in [-0.3, -0.25) is 19.6 Å². The number of carbonyl (C=O) groups excluding carboxylic acids is 2. The van der Waals surface area contributed by atoms with Crippen LogP contribution in [0.4, 0.5) is 0 Å². The monoisotopic (exact) mass is 467 g/mol. The van der Waals surface area contributed by atoms with Crippen molar-refractivity contribution in [2.45, 2.75) is 6.54 Å². The first-order chi connectivity index (χ1) is 16.5. The second-order valence-corrected chi connectivity index (χ2v) is 8.00. The van der Waals surface area contributed by atoms with Crippen molar-refractivity contribution in [3.8, 4) is 17.2 Å². The van der Waals surface area contributed by atoms with E-state index in [0.29, 0.717) is 55.7 Å². The third-order valence-electron chi connectivity index (χ3n) is 5.91. The molecule has 3 aromatic rings. The van der Waals surface area contributed by atoms with E-state index in [0.717, 1.165) is 16.5 Å². The first kappa shape index (κ1) is 23.4. The number of nitrogens with one attached hydrogen (secondary N) is 2. The number of fused-ring (bicyclic) bond motifs is 1. The largest absolute Gasteiger partial charge is 0.493 e. The van der Waals surface area contributed by atoms with Crippen molar-refractivity contribution in [3.05, 3.63) is 47.7 Å². The van der Waals surface area contributed by atoms with Gasteiger partial charge < -0.3 is 24.4 Å². The van der Waals surface area contributed by atoms with Crippen LogP contribution in [-0.4, -0.2) is 85.9 Å². The Kier molecular flexibility index (Phi) is 7.17. The molecule has 4 rings (SSSR count). The van der Waals surface area contributed by atoms with Crippen LogP contribution in [0.5, 0.6) is 17.2 Å². The fraction of sp³-hybridized carbons (Fsp3) is 0.375. The molecule has 1 aliphatic rings. The molecule has 2 N–H and O–H groups in total. The van der Waals surface area contributed by atoms with Gasteiger partial charge in [0.25, 0.3) is 5.91 Å². The van der Waals surface area contributed by atoms with E-state index < -0.39 is 0 Å². The standard InChI is InChI=1S/C24H29N5O5/c1-32-19-12-16(13-20(33-2)23(19)34-3)14-25-21(30)15-28-8-10-29(11-9-28)24(31)22-17-6-4-5-7-18(17)26-27-22/h4-7,12-13H,8-11,14-15H2,1-3H3,(H,25,30)(H,26,27). The van der Waals surface area contributed by atoms with Crippen LogP contribution in [0.15, 0.2) is 36.4 Å². The Balaban J connectivity index is 1.28. The smallest absolute Gasteiger partial charge is 0.275 e. The quantitative estimate of drug-likeness (QED) is 0.519. The average Bonchev–Trinajstić information content (AvgIpc) is 3.31. The lowest BCUT2D eigenvalue weighted by Crippen LogP contribution is -2.51. The normalized spacial score (nSPS) is 14.1. The molecule has 1 saturated heterocycles. The summed E-state index contributed by atoms with van der Waals surface area (Å²) >= 11 is 0. The number of aromatic nitrogens is 2. The maximum Gasteiger partial charge on any atom is 0.275 e. The maximum atomic E-state index is 12.9. The Bertz CT molecular complexity index is 1140. The lowest BCUT2D eigenvalue weighted by molar-refractivity contribution is -0.122. The van der Waals surface area contributed by atoms with Gasteiger partial charge in [0.15, 0.2) is 17.2 Å². The molecule has 1 aromatic heterocycles. The van der Waals surface area contributed by atoms with E-state index in [1.54, 1.807) is 26.2 Å². The predicted octanol–water partition coefficient (Wildman–Crippen LogP) is 1.66. The summed E-state index contributed by atoms with van der Waals surface area (Å²) < 4.78 is 16.1. The molecule has 10 heteroatoms. The van der Waals surface area contributed by atoms with Gasteiger partial charge in [0, 0.05) is 38.1 Å². The molecular formula is C24H29N5O5. The second-order valence-electron chi connectivity index (χ2n) is 8.00. The molecule has 180 valence electrons. The van der Waals surface area contributed by atoms with Crippen molar-refractivity contribution in [1.82, 2.24) is 25.3 Å². The van der Waals surface area contributed by atoms with Crippen molar-refractivity contribution in [1.29, 1.82) is 0 Å². The van der Waals surface area contributed by atoms with Crippen LogP contribution in [0.3, 0.4) is 0 Å². The van der Waals surface area contributed by atoms with E-state index >= 15 is 0 Å². The molecule has 0 unspecified atom stereocenters. The molecule has 0 saturated carbocycles. The molecule has 1 aliphatic heterocycles. The predicted molar refractivity (Wildman–Crippen MR) is 126 cm³/mol. The van der Waals surface area contributed by atoms with Gasteiger partial charge in [-0.1, -0.05) is 18.2 Å². The lowest BCUT2D eigenvalue weighted by atomic mass is 10.1. The van der Waals surface area contributed by atoms with E-state index in [2.05, 4.69) is 15.5 Å². The molecule has 1 fully saturated rings. The van der Waals surface area contributed by atoms with E-state index in [-0.39, 0.29) is 18.4 Å². The van der Waals surface area contributed by atoms with Crippen molar-refractivity contribution < 1.29 is 23.8 Å². The Labute approximate surface area is 197 Å². The van der Waals surface area contributed by atoms with Gasteiger partial charge >= 0.3 is 0 Å². The first-order valence-corrected chi connectivity index (χ1v) is 11.0. The number of nitrogens with zero attached hydrogens (tertiary/aromatic N) is 3. The molecule has 34 heavy (non-hydrogen) atoms. The highest BCUT2D eigenvalue weighted by Gasteiger charge is 2.26. The fourth-order valence-corrected chi connectivity index (χ4v) is 4.08. The highest BCUT2D eigenvalue weighted by molar-refractivity contribution is 6.04. The van der Waals surface area contributed by atoms with Crippen LogP contribution in [0.2, 0.25) is 0 Å². The summed E-state index contributed by atoms with van der Waals surface area (Å²) in [5.74, 6) is 1.40. The number of piperazine rings is 1. The van der Waals surface area contributed by atoms with Gasteiger partial charge in [-0.15, -0.1) is 0 Å². The molecule has 10 nitrogen and oxygen atoms in total. The van der Waals surface area contributed by atoms with Gasteiger partial charge in [0.2, 0.25) is 11.7 Å². The number of carbonyl (C=O) groups is 2. The Morgan fingerprint density at radius 3 is 2.32 bits per heavy atom. The number of H-pyrrole nitrogens is 1. The number of hydrogen-bond acceptors (Lipinski definition) is 7. The van der Waals surface area contributed by atoms with Crippen molar-refractivity contribution >= 4 is 22.7 Å². The number of para-hydroxylation sites is 1. The van der Waals surface area contributed by atoms with Gasteiger partial charge in [-0.05, 0) is 23.8 Å². The minimum atomic E-state index is -0.0936. The zero-order valence-electron chi connectivity index (χ0n) is 19.6. The molecule has 2 heterocycles. The van der Waals surface area contributed by atoms with Crippen molar-refractivity contribution in [2.75, 3.05) is 54.1 Å². The zero-order valence-corrected chi connectivity index (χ0v) is 19.6. The average molecular weight is 468 g/mol. The summed E-state index contributed by atoms with van der Waals surface area (Å²) in [7, 11) is 4.66. The molecule has 2 amide bonds. The summed E-state index contributed by atoms with van der Waals surface area (Å²) in [6.45, 7) is 2.91. The maximum absolute atomic E-state index is 12.9.